The predicted octanol–water partition coefficient (Wildman–Crippen LogP) is 6.46. The van der Waals surface area contributed by atoms with E-state index < -0.39 is 0 Å². The van der Waals surface area contributed by atoms with Crippen LogP contribution in [0.1, 0.15) is 92.9 Å². The van der Waals surface area contributed by atoms with Gasteiger partial charge >= 0.3 is 0 Å². The van der Waals surface area contributed by atoms with Gasteiger partial charge in [-0.2, -0.15) is 0 Å². The summed E-state index contributed by atoms with van der Waals surface area (Å²) in [6, 6.07) is 0. The summed E-state index contributed by atoms with van der Waals surface area (Å²) in [5.74, 6) is 5.63. The molecule has 0 radical (unpaired) electrons. The van der Waals surface area contributed by atoms with Crippen LogP contribution in [-0.4, -0.2) is 22.4 Å². The fourth-order valence-corrected chi connectivity index (χ4v) is 8.91. The van der Waals surface area contributed by atoms with Crippen LogP contribution in [-0.2, 0) is 0 Å². The highest BCUT2D eigenvalue weighted by Crippen LogP contribution is 2.68. The Labute approximate surface area is 185 Å². The van der Waals surface area contributed by atoms with E-state index in [1.165, 1.54) is 38.5 Å². The standard InChI is InChI=1S/C28H48O2/c1-17(2)18(3)7-8-19(4)23-11-12-24-22-10-9-20-15-21(29)16-26(30)28(20,6)25(22)13-14-27(23,24)5/h7-8,17-26,29-30H,9-16H2,1-6H3/t18-,19+,20?,21+,22-,23+,24-,25-,26-,27+,28-/m0/s1. The van der Waals surface area contributed by atoms with Crippen LogP contribution in [0.15, 0.2) is 12.2 Å². The van der Waals surface area contributed by atoms with E-state index in [0.717, 1.165) is 24.2 Å². The van der Waals surface area contributed by atoms with Gasteiger partial charge in [-0.25, -0.2) is 0 Å². The van der Waals surface area contributed by atoms with Gasteiger partial charge in [0.1, 0.15) is 0 Å². The molecule has 0 aliphatic heterocycles. The monoisotopic (exact) mass is 416 g/mol. The lowest BCUT2D eigenvalue weighted by Crippen LogP contribution is -2.59. The van der Waals surface area contributed by atoms with Crippen molar-refractivity contribution >= 4 is 0 Å². The quantitative estimate of drug-likeness (QED) is 0.516. The summed E-state index contributed by atoms with van der Waals surface area (Å²) in [7, 11) is 0. The average molecular weight is 417 g/mol. The molecule has 1 unspecified atom stereocenters. The fourth-order valence-electron chi connectivity index (χ4n) is 8.91. The van der Waals surface area contributed by atoms with E-state index in [4.69, 9.17) is 0 Å². The summed E-state index contributed by atoms with van der Waals surface area (Å²) in [4.78, 5) is 0. The van der Waals surface area contributed by atoms with Crippen molar-refractivity contribution in [2.45, 2.75) is 105 Å². The minimum Gasteiger partial charge on any atom is -0.393 e. The molecule has 0 aromatic carbocycles. The van der Waals surface area contributed by atoms with Crippen LogP contribution in [0.5, 0.6) is 0 Å². The van der Waals surface area contributed by atoms with Crippen molar-refractivity contribution in [2.75, 3.05) is 0 Å². The molecule has 0 spiro atoms. The largest absolute Gasteiger partial charge is 0.393 e. The number of rotatable bonds is 4. The van der Waals surface area contributed by atoms with Gasteiger partial charge in [-0.3, -0.25) is 0 Å². The van der Waals surface area contributed by atoms with Crippen molar-refractivity contribution in [2.24, 2.45) is 58.2 Å². The highest BCUT2D eigenvalue weighted by Gasteiger charge is 2.62. The maximum atomic E-state index is 11.1. The van der Waals surface area contributed by atoms with Crippen LogP contribution in [0.2, 0.25) is 0 Å². The Morgan fingerprint density at radius 3 is 2.27 bits per heavy atom. The van der Waals surface area contributed by atoms with Gasteiger partial charge in [-0.15, -0.1) is 0 Å². The molecule has 4 aliphatic carbocycles. The lowest BCUT2D eigenvalue weighted by molar-refractivity contribution is -0.181. The molecule has 0 saturated heterocycles. The molecule has 0 bridgehead atoms. The van der Waals surface area contributed by atoms with E-state index in [1.807, 2.05) is 0 Å². The highest BCUT2D eigenvalue weighted by molar-refractivity contribution is 5.12. The third-order valence-electron chi connectivity index (χ3n) is 11.2. The van der Waals surface area contributed by atoms with E-state index in [1.54, 1.807) is 0 Å². The molecule has 4 aliphatic rings. The smallest absolute Gasteiger partial charge is 0.0623 e. The first-order chi connectivity index (χ1) is 14.1. The zero-order chi connectivity index (χ0) is 21.8. The van der Waals surface area contributed by atoms with Crippen LogP contribution >= 0.6 is 0 Å². The Kier molecular flexibility index (Phi) is 6.26. The van der Waals surface area contributed by atoms with Crippen molar-refractivity contribution in [3.63, 3.8) is 0 Å². The lowest BCUT2D eigenvalue weighted by atomic mass is 9.43. The van der Waals surface area contributed by atoms with E-state index in [-0.39, 0.29) is 17.6 Å². The lowest BCUT2D eigenvalue weighted by Gasteiger charge is -2.62. The molecular weight excluding hydrogens is 368 g/mol. The predicted molar refractivity (Wildman–Crippen MR) is 125 cm³/mol. The Bertz CT molecular complexity index is 641. The van der Waals surface area contributed by atoms with Gasteiger partial charge in [-0.05, 0) is 110 Å². The van der Waals surface area contributed by atoms with Crippen molar-refractivity contribution in [3.8, 4) is 0 Å². The fraction of sp³-hybridized carbons (Fsp3) is 0.929. The first kappa shape index (κ1) is 22.8. The van der Waals surface area contributed by atoms with Crippen molar-refractivity contribution in [3.05, 3.63) is 12.2 Å². The number of hydrogen-bond donors (Lipinski definition) is 2. The molecule has 0 aromatic rings. The Hall–Kier alpha value is -0.340. The van der Waals surface area contributed by atoms with Crippen molar-refractivity contribution in [1.82, 2.24) is 0 Å². The third-order valence-corrected chi connectivity index (χ3v) is 11.2. The van der Waals surface area contributed by atoms with Crippen molar-refractivity contribution in [1.29, 1.82) is 0 Å². The molecule has 30 heavy (non-hydrogen) atoms. The third kappa shape index (κ3) is 3.53. The molecular formula is C28H48O2. The molecule has 11 atom stereocenters. The summed E-state index contributed by atoms with van der Waals surface area (Å²) < 4.78 is 0. The second-order valence-corrected chi connectivity index (χ2v) is 12.7. The van der Waals surface area contributed by atoms with Gasteiger partial charge < -0.3 is 10.2 Å². The molecule has 0 aromatic heterocycles. The van der Waals surface area contributed by atoms with E-state index in [2.05, 4.69) is 53.7 Å². The Morgan fingerprint density at radius 2 is 1.57 bits per heavy atom. The molecule has 2 heteroatoms. The number of aliphatic hydroxyl groups excluding tert-OH is 2. The normalized spacial score (nSPS) is 50.8. The van der Waals surface area contributed by atoms with E-state index in [9.17, 15) is 10.2 Å². The molecule has 0 amide bonds. The first-order valence-electron chi connectivity index (χ1n) is 13.1. The number of allylic oxidation sites excluding steroid dienone is 2. The number of fused-ring (bicyclic) bond motifs is 5. The number of hydrogen-bond acceptors (Lipinski definition) is 2. The number of aliphatic hydroxyl groups is 2. The topological polar surface area (TPSA) is 40.5 Å². The van der Waals surface area contributed by atoms with Gasteiger partial charge in [-0.1, -0.05) is 53.7 Å². The Balaban J connectivity index is 1.53. The van der Waals surface area contributed by atoms with Gasteiger partial charge in [0, 0.05) is 0 Å². The van der Waals surface area contributed by atoms with Gasteiger partial charge in [0.25, 0.3) is 0 Å². The first-order valence-corrected chi connectivity index (χ1v) is 13.1. The molecule has 4 rings (SSSR count). The maximum Gasteiger partial charge on any atom is 0.0623 e. The minimum absolute atomic E-state index is 0.0276. The average Bonchev–Trinajstić information content (AvgIpc) is 3.04. The summed E-state index contributed by atoms with van der Waals surface area (Å²) in [6.45, 7) is 14.5. The van der Waals surface area contributed by atoms with Crippen LogP contribution in [0.3, 0.4) is 0 Å². The summed E-state index contributed by atoms with van der Waals surface area (Å²) in [5, 5.41) is 21.4. The summed E-state index contributed by atoms with van der Waals surface area (Å²) in [6.07, 6.45) is 13.8. The molecule has 4 fully saturated rings. The molecule has 2 nitrogen and oxygen atoms in total. The highest BCUT2D eigenvalue weighted by atomic mass is 16.3. The zero-order valence-electron chi connectivity index (χ0n) is 20.5. The van der Waals surface area contributed by atoms with E-state index in [0.29, 0.717) is 41.4 Å². The van der Waals surface area contributed by atoms with Crippen LogP contribution < -0.4 is 0 Å². The molecule has 4 saturated carbocycles. The summed E-state index contributed by atoms with van der Waals surface area (Å²) >= 11 is 0. The van der Waals surface area contributed by atoms with Crippen LogP contribution in [0, 0.1) is 58.2 Å². The van der Waals surface area contributed by atoms with Crippen molar-refractivity contribution < 1.29 is 10.2 Å². The van der Waals surface area contributed by atoms with Gasteiger partial charge in [0.15, 0.2) is 0 Å². The molecule has 172 valence electrons. The second kappa shape index (κ2) is 8.22. The summed E-state index contributed by atoms with van der Waals surface area (Å²) in [5.41, 5.74) is 0.494. The second-order valence-electron chi connectivity index (χ2n) is 12.7. The minimum atomic E-state index is -0.319. The van der Waals surface area contributed by atoms with E-state index >= 15 is 0 Å². The van der Waals surface area contributed by atoms with Crippen LogP contribution in [0.4, 0.5) is 0 Å². The Morgan fingerprint density at radius 1 is 0.833 bits per heavy atom. The SMILES string of the molecule is CC(C)[C@@H](C)C=C[C@@H](C)[C@H]1CC[C@H]2[C@@H]3CCC4C[C@@H](O)C[C@H](O)[C@]4(C)[C@H]3CC[C@]12C. The van der Waals surface area contributed by atoms with Gasteiger partial charge in [0.2, 0.25) is 0 Å². The van der Waals surface area contributed by atoms with Crippen LogP contribution in [0.25, 0.3) is 0 Å². The molecule has 0 heterocycles. The van der Waals surface area contributed by atoms with Gasteiger partial charge in [0.05, 0.1) is 12.2 Å². The zero-order valence-corrected chi connectivity index (χ0v) is 20.5. The maximum absolute atomic E-state index is 11.1. The molecule has 2 N–H and O–H groups in total.